The van der Waals surface area contributed by atoms with Gasteiger partial charge in [-0.15, -0.1) is 0 Å². The molecular weight excluding hydrogens is 282 g/mol. The summed E-state index contributed by atoms with van der Waals surface area (Å²) >= 11 is 3.54. The van der Waals surface area contributed by atoms with Gasteiger partial charge in [-0.2, -0.15) is 0 Å². The molecule has 0 N–H and O–H groups in total. The average Bonchev–Trinajstić information content (AvgIpc) is 2.20. The molecule has 82 valence electrons. The van der Waals surface area contributed by atoms with E-state index in [4.69, 9.17) is 0 Å². The maximum atomic E-state index is 3.54. The molecule has 5 heteroatoms. The standard InChI is InChI=1S/C9H22BrNSi2.Mg.2H/c1-12(2)8-9-13(3,4)11(12)7-5-6-10;;;/h5-9H2,1-4H3;;;/q;+2;2*-1. The van der Waals surface area contributed by atoms with Gasteiger partial charge in [-0.1, -0.05) is 42.1 Å². The summed E-state index contributed by atoms with van der Waals surface area (Å²) in [6.07, 6.45) is 1.33. The monoisotopic (exact) mass is 305 g/mol. The minimum absolute atomic E-state index is 0. The third-order valence-corrected chi connectivity index (χ3v) is 14.3. The minimum Gasteiger partial charge on any atom is -1.00 e. The Hall–Kier alpha value is 1.64. The van der Waals surface area contributed by atoms with Crippen LogP contribution in [0.1, 0.15) is 9.27 Å². The Kier molecular flexibility index (Phi) is 6.50. The predicted molar refractivity (Wildman–Crippen MR) is 77.7 cm³/mol. The van der Waals surface area contributed by atoms with Crippen molar-refractivity contribution in [3.63, 3.8) is 0 Å². The molecule has 0 aliphatic carbocycles. The number of alkyl halides is 1. The largest absolute Gasteiger partial charge is 2.00 e. The van der Waals surface area contributed by atoms with Gasteiger partial charge in [0.1, 0.15) is 16.5 Å². The molecule has 14 heavy (non-hydrogen) atoms. The van der Waals surface area contributed by atoms with Crippen molar-refractivity contribution in [2.45, 2.75) is 44.7 Å². The van der Waals surface area contributed by atoms with Crippen LogP contribution in [0.3, 0.4) is 0 Å². The molecule has 1 aliphatic heterocycles. The van der Waals surface area contributed by atoms with E-state index in [-0.39, 0.29) is 25.9 Å². The zero-order chi connectivity index (χ0) is 10.1. The van der Waals surface area contributed by atoms with Crippen molar-refractivity contribution >= 4 is 55.5 Å². The SMILES string of the molecule is C[Si]1(C)CC[Si](C)(C)N1CCCBr.[H-].[H-].[Mg+2]. The van der Waals surface area contributed by atoms with Crippen molar-refractivity contribution in [3.8, 4) is 0 Å². The van der Waals surface area contributed by atoms with E-state index < -0.39 is 16.5 Å². The average molecular weight is 307 g/mol. The third-order valence-electron chi connectivity index (χ3n) is 3.33. The second-order valence-corrected chi connectivity index (χ2v) is 15.9. The van der Waals surface area contributed by atoms with E-state index in [1.54, 1.807) is 0 Å². The summed E-state index contributed by atoms with van der Waals surface area (Å²) in [5, 5.41) is 1.17. The van der Waals surface area contributed by atoms with Crippen LogP contribution in [-0.4, -0.2) is 55.6 Å². The summed E-state index contributed by atoms with van der Waals surface area (Å²) in [7, 11) is -1.94. The molecule has 0 aromatic carbocycles. The van der Waals surface area contributed by atoms with Crippen LogP contribution >= 0.6 is 15.9 Å². The Morgan fingerprint density at radius 3 is 1.93 bits per heavy atom. The zero-order valence-electron chi connectivity index (χ0n) is 12.1. The zero-order valence-corrected chi connectivity index (χ0v) is 15.1. The van der Waals surface area contributed by atoms with E-state index in [1.807, 2.05) is 0 Å². The van der Waals surface area contributed by atoms with E-state index in [1.165, 1.54) is 30.4 Å². The number of halogens is 1. The van der Waals surface area contributed by atoms with Gasteiger partial charge in [0.25, 0.3) is 0 Å². The maximum absolute atomic E-state index is 3.54. The predicted octanol–water partition coefficient (Wildman–Crippen LogP) is 3.34. The molecule has 0 bridgehead atoms. The summed E-state index contributed by atoms with van der Waals surface area (Å²) < 4.78 is 2.95. The van der Waals surface area contributed by atoms with E-state index in [0.29, 0.717) is 0 Å². The Morgan fingerprint density at radius 2 is 1.57 bits per heavy atom. The van der Waals surface area contributed by atoms with Gasteiger partial charge in [-0.25, -0.2) is 0 Å². The summed E-state index contributed by atoms with van der Waals surface area (Å²) in [6.45, 7) is 11.5. The van der Waals surface area contributed by atoms with Crippen LogP contribution in [0.15, 0.2) is 0 Å². The first-order valence-electron chi connectivity index (χ1n) is 5.24. The van der Waals surface area contributed by atoms with Crippen LogP contribution in [0.5, 0.6) is 0 Å². The first-order valence-corrected chi connectivity index (χ1v) is 12.7. The Bertz CT molecular complexity index is 180. The quantitative estimate of drug-likeness (QED) is 0.571. The molecule has 0 amide bonds. The molecule has 0 aromatic heterocycles. The van der Waals surface area contributed by atoms with Crippen molar-refractivity contribution in [3.05, 3.63) is 0 Å². The van der Waals surface area contributed by atoms with Crippen LogP contribution in [-0.2, 0) is 0 Å². The van der Waals surface area contributed by atoms with Gasteiger partial charge < -0.3 is 7.08 Å². The van der Waals surface area contributed by atoms with Gasteiger partial charge in [0.15, 0.2) is 0 Å². The second-order valence-electron chi connectivity index (χ2n) is 5.32. The molecule has 1 nitrogen and oxygen atoms in total. The number of hydrogen-bond acceptors (Lipinski definition) is 1. The molecule has 0 saturated carbocycles. The van der Waals surface area contributed by atoms with Crippen molar-refractivity contribution in [1.82, 2.24) is 4.23 Å². The molecule has 0 unspecified atom stereocenters. The molecule has 1 heterocycles. The van der Waals surface area contributed by atoms with Gasteiger partial charge in [0, 0.05) is 5.33 Å². The smallest absolute Gasteiger partial charge is 1.00 e. The van der Waals surface area contributed by atoms with Crippen LogP contribution in [0, 0.1) is 0 Å². The first kappa shape index (κ1) is 15.6. The molecule has 0 spiro atoms. The van der Waals surface area contributed by atoms with Crippen molar-refractivity contribution in [2.75, 3.05) is 11.9 Å². The molecule has 0 radical (unpaired) electrons. The summed E-state index contributed by atoms with van der Waals surface area (Å²) in [4.78, 5) is 0. The first-order chi connectivity index (χ1) is 5.90. The maximum Gasteiger partial charge on any atom is 2.00 e. The van der Waals surface area contributed by atoms with Crippen molar-refractivity contribution < 1.29 is 2.85 Å². The fourth-order valence-electron chi connectivity index (χ4n) is 2.52. The third kappa shape index (κ3) is 3.59. The summed E-state index contributed by atoms with van der Waals surface area (Å²) in [5.41, 5.74) is 0. The van der Waals surface area contributed by atoms with Crippen molar-refractivity contribution in [1.29, 1.82) is 0 Å². The Morgan fingerprint density at radius 1 is 1.14 bits per heavy atom. The fourth-order valence-corrected chi connectivity index (χ4v) is 17.0. The molecular formula is C9H24BrMgNSi2. The number of nitrogens with zero attached hydrogens (tertiary/aromatic N) is 1. The van der Waals surface area contributed by atoms with Gasteiger partial charge >= 0.3 is 23.1 Å². The molecule has 1 rings (SSSR count). The van der Waals surface area contributed by atoms with Gasteiger partial charge in [0.05, 0.1) is 0 Å². The fraction of sp³-hybridized carbons (Fsp3) is 1.00. The molecule has 0 atom stereocenters. The van der Waals surface area contributed by atoms with E-state index in [2.05, 4.69) is 46.3 Å². The molecule has 0 aromatic rings. The van der Waals surface area contributed by atoms with Gasteiger partial charge in [-0.05, 0) is 25.1 Å². The normalized spacial score (nSPS) is 24.6. The topological polar surface area (TPSA) is 3.24 Å². The van der Waals surface area contributed by atoms with E-state index >= 15 is 0 Å². The Labute approximate surface area is 118 Å². The number of hydrogen-bond donors (Lipinski definition) is 0. The summed E-state index contributed by atoms with van der Waals surface area (Å²) in [5.74, 6) is 0. The molecule has 1 aliphatic rings. The van der Waals surface area contributed by atoms with E-state index in [0.717, 1.165) is 0 Å². The van der Waals surface area contributed by atoms with Crippen LogP contribution in [0.25, 0.3) is 0 Å². The molecule has 1 fully saturated rings. The second kappa shape index (κ2) is 5.82. The minimum atomic E-state index is -0.968. The van der Waals surface area contributed by atoms with Crippen LogP contribution < -0.4 is 0 Å². The Balaban J connectivity index is -0.000000563. The molecule has 1 saturated heterocycles. The van der Waals surface area contributed by atoms with Gasteiger partial charge in [0.2, 0.25) is 0 Å². The van der Waals surface area contributed by atoms with Crippen LogP contribution in [0.2, 0.25) is 38.3 Å². The summed E-state index contributed by atoms with van der Waals surface area (Å²) in [6, 6.07) is 3.07. The van der Waals surface area contributed by atoms with Gasteiger partial charge in [-0.3, -0.25) is 0 Å². The van der Waals surface area contributed by atoms with E-state index in [9.17, 15) is 0 Å². The number of rotatable bonds is 3. The van der Waals surface area contributed by atoms with Crippen molar-refractivity contribution in [2.24, 2.45) is 0 Å². The van der Waals surface area contributed by atoms with Crippen LogP contribution in [0.4, 0.5) is 0 Å².